The van der Waals surface area contributed by atoms with Gasteiger partial charge >= 0.3 is 6.18 Å². The smallest absolute Gasteiger partial charge is 0.166 e. The fraction of sp³-hybridized carbons (Fsp3) is 0.600. The molecule has 0 heterocycles. The molecule has 0 N–H and O–H groups in total. The lowest BCUT2D eigenvalue weighted by atomic mass is 9.87. The predicted octanol–water partition coefficient (Wildman–Crippen LogP) is 3.85. The first-order valence-corrected chi connectivity index (χ1v) is 4.49. The molecule has 0 amide bonds. The summed E-state index contributed by atoms with van der Waals surface area (Å²) in [5.74, 6) is -0.324. The van der Waals surface area contributed by atoms with Crippen LogP contribution in [0.1, 0.15) is 26.2 Å². The molecule has 0 nitrogen and oxygen atoms in total. The van der Waals surface area contributed by atoms with Gasteiger partial charge in [-0.25, -0.2) is 0 Å². The van der Waals surface area contributed by atoms with Crippen molar-refractivity contribution in [1.82, 2.24) is 0 Å². The van der Waals surface area contributed by atoms with Crippen molar-refractivity contribution >= 4 is 0 Å². The van der Waals surface area contributed by atoms with Gasteiger partial charge in [0.15, 0.2) is 0 Å². The monoisotopic (exact) mass is 190 g/mol. The Kier molecular flexibility index (Phi) is 3.17. The first-order chi connectivity index (χ1) is 6.05. The third-order valence-electron chi connectivity index (χ3n) is 2.24. The van der Waals surface area contributed by atoms with Gasteiger partial charge in [-0.05, 0) is 18.8 Å². The lowest BCUT2D eigenvalue weighted by molar-refractivity contribution is -0.0995. The minimum absolute atomic E-state index is 0.324. The van der Waals surface area contributed by atoms with Gasteiger partial charge in [-0.2, -0.15) is 13.2 Å². The lowest BCUT2D eigenvalue weighted by Crippen LogP contribution is -2.21. The Hall–Kier alpha value is -0.730. The van der Waals surface area contributed by atoms with E-state index >= 15 is 0 Å². The molecule has 0 aromatic rings. The highest BCUT2D eigenvalue weighted by Crippen LogP contribution is 2.37. The van der Waals surface area contributed by atoms with E-state index in [4.69, 9.17) is 0 Å². The van der Waals surface area contributed by atoms with E-state index in [1.165, 1.54) is 12.2 Å². The normalized spacial score (nSPS) is 23.1. The summed E-state index contributed by atoms with van der Waals surface area (Å²) in [7, 11) is 0. The van der Waals surface area contributed by atoms with Gasteiger partial charge in [-0.3, -0.25) is 0 Å². The van der Waals surface area contributed by atoms with Crippen molar-refractivity contribution < 1.29 is 13.2 Å². The average molecular weight is 190 g/mol. The summed E-state index contributed by atoms with van der Waals surface area (Å²) >= 11 is 0. The molecule has 0 fully saturated rings. The molecule has 1 unspecified atom stereocenters. The molecule has 74 valence electrons. The third-order valence-corrected chi connectivity index (χ3v) is 2.24. The average Bonchev–Trinajstić information content (AvgIpc) is 2.04. The Bertz CT molecular complexity index is 223. The van der Waals surface area contributed by atoms with Crippen LogP contribution in [-0.2, 0) is 0 Å². The molecule has 0 radical (unpaired) electrons. The minimum Gasteiger partial charge on any atom is -0.166 e. The van der Waals surface area contributed by atoms with Crippen molar-refractivity contribution in [2.45, 2.75) is 32.4 Å². The van der Waals surface area contributed by atoms with Crippen molar-refractivity contribution in [3.05, 3.63) is 23.8 Å². The number of rotatable bonds is 2. The van der Waals surface area contributed by atoms with Gasteiger partial charge in [0.2, 0.25) is 0 Å². The maximum atomic E-state index is 12.4. The first kappa shape index (κ1) is 10.4. The summed E-state index contributed by atoms with van der Waals surface area (Å²) < 4.78 is 37.2. The van der Waals surface area contributed by atoms with Gasteiger partial charge < -0.3 is 0 Å². The summed E-state index contributed by atoms with van der Waals surface area (Å²) in [6, 6.07) is 0. The summed E-state index contributed by atoms with van der Waals surface area (Å²) in [5.41, 5.74) is -0.364. The van der Waals surface area contributed by atoms with Crippen LogP contribution in [-0.4, -0.2) is 6.18 Å². The minimum atomic E-state index is -4.15. The zero-order chi connectivity index (χ0) is 9.90. The van der Waals surface area contributed by atoms with Crippen molar-refractivity contribution in [2.24, 2.45) is 5.92 Å². The second kappa shape index (κ2) is 3.99. The molecule has 1 rings (SSSR count). The van der Waals surface area contributed by atoms with Gasteiger partial charge in [-0.1, -0.05) is 31.6 Å². The lowest BCUT2D eigenvalue weighted by Gasteiger charge is -2.22. The number of hydrogen-bond donors (Lipinski definition) is 0. The van der Waals surface area contributed by atoms with Crippen molar-refractivity contribution in [2.75, 3.05) is 0 Å². The second-order valence-electron chi connectivity index (χ2n) is 3.27. The Morgan fingerprint density at radius 3 is 2.69 bits per heavy atom. The van der Waals surface area contributed by atoms with Gasteiger partial charge in [0.25, 0.3) is 0 Å². The fourth-order valence-corrected chi connectivity index (χ4v) is 1.63. The SMILES string of the molecule is CCCC1CC=CC=C1C(F)(F)F. The second-order valence-corrected chi connectivity index (χ2v) is 3.27. The van der Waals surface area contributed by atoms with E-state index in [0.717, 1.165) is 6.42 Å². The van der Waals surface area contributed by atoms with Crippen molar-refractivity contribution in [3.63, 3.8) is 0 Å². The van der Waals surface area contributed by atoms with E-state index in [1.54, 1.807) is 6.08 Å². The van der Waals surface area contributed by atoms with E-state index in [2.05, 4.69) is 0 Å². The Labute approximate surface area is 76.1 Å². The quantitative estimate of drug-likeness (QED) is 0.620. The summed E-state index contributed by atoms with van der Waals surface area (Å²) in [4.78, 5) is 0. The van der Waals surface area contributed by atoms with E-state index < -0.39 is 6.18 Å². The van der Waals surface area contributed by atoms with E-state index in [1.807, 2.05) is 6.92 Å². The fourth-order valence-electron chi connectivity index (χ4n) is 1.63. The maximum Gasteiger partial charge on any atom is 0.412 e. The molecule has 0 aromatic carbocycles. The molecular weight excluding hydrogens is 177 g/mol. The molecule has 0 aromatic heterocycles. The van der Waals surface area contributed by atoms with Crippen LogP contribution in [0.3, 0.4) is 0 Å². The highest BCUT2D eigenvalue weighted by atomic mass is 19.4. The maximum absolute atomic E-state index is 12.4. The molecule has 1 aliphatic carbocycles. The van der Waals surface area contributed by atoms with E-state index in [0.29, 0.717) is 12.8 Å². The molecular formula is C10H13F3. The van der Waals surface area contributed by atoms with Crippen LogP contribution in [0.4, 0.5) is 13.2 Å². The summed E-state index contributed by atoms with van der Waals surface area (Å²) in [6.45, 7) is 1.91. The standard InChI is InChI=1S/C10H13F3/c1-2-5-8-6-3-4-7-9(8)10(11,12)13/h3-4,7-8H,2,5-6H2,1H3. The summed E-state index contributed by atoms with van der Waals surface area (Å²) in [5, 5.41) is 0. The molecule has 13 heavy (non-hydrogen) atoms. The van der Waals surface area contributed by atoms with Crippen LogP contribution in [0.15, 0.2) is 23.8 Å². The van der Waals surface area contributed by atoms with Crippen LogP contribution in [0.5, 0.6) is 0 Å². The van der Waals surface area contributed by atoms with Crippen LogP contribution >= 0.6 is 0 Å². The largest absolute Gasteiger partial charge is 0.412 e. The van der Waals surface area contributed by atoms with Crippen LogP contribution < -0.4 is 0 Å². The number of hydrogen-bond acceptors (Lipinski definition) is 0. The molecule has 0 saturated carbocycles. The first-order valence-electron chi connectivity index (χ1n) is 4.49. The number of halogens is 3. The van der Waals surface area contributed by atoms with Crippen molar-refractivity contribution in [3.8, 4) is 0 Å². The molecule has 1 atom stereocenters. The zero-order valence-electron chi connectivity index (χ0n) is 7.56. The topological polar surface area (TPSA) is 0 Å². The number of allylic oxidation sites excluding steroid dienone is 4. The van der Waals surface area contributed by atoms with Crippen LogP contribution in [0.25, 0.3) is 0 Å². The molecule has 0 spiro atoms. The van der Waals surface area contributed by atoms with E-state index in [-0.39, 0.29) is 11.5 Å². The van der Waals surface area contributed by atoms with Gasteiger partial charge in [-0.15, -0.1) is 0 Å². The Morgan fingerprint density at radius 2 is 2.15 bits per heavy atom. The number of alkyl halides is 3. The predicted molar refractivity (Wildman–Crippen MR) is 46.3 cm³/mol. The van der Waals surface area contributed by atoms with Gasteiger partial charge in [0, 0.05) is 5.57 Å². The molecule has 3 heteroatoms. The van der Waals surface area contributed by atoms with Crippen LogP contribution in [0.2, 0.25) is 0 Å². The van der Waals surface area contributed by atoms with Gasteiger partial charge in [0.05, 0.1) is 0 Å². The van der Waals surface area contributed by atoms with E-state index in [9.17, 15) is 13.2 Å². The highest BCUT2D eigenvalue weighted by Gasteiger charge is 2.37. The summed E-state index contributed by atoms with van der Waals surface area (Å²) in [6.07, 6.45) is 2.29. The third kappa shape index (κ3) is 2.61. The highest BCUT2D eigenvalue weighted by molar-refractivity contribution is 5.24. The van der Waals surface area contributed by atoms with Crippen molar-refractivity contribution in [1.29, 1.82) is 0 Å². The molecule has 0 bridgehead atoms. The molecule has 0 saturated heterocycles. The molecule has 0 aliphatic heterocycles. The van der Waals surface area contributed by atoms with Crippen LogP contribution in [0, 0.1) is 5.92 Å². The van der Waals surface area contributed by atoms with Gasteiger partial charge in [0.1, 0.15) is 0 Å². The Balaban J connectivity index is 2.77. The zero-order valence-corrected chi connectivity index (χ0v) is 7.56. The Morgan fingerprint density at radius 1 is 1.46 bits per heavy atom. The molecule has 1 aliphatic rings.